The fourth-order valence-corrected chi connectivity index (χ4v) is 4.95. The Morgan fingerprint density at radius 1 is 1.47 bits per heavy atom. The molecule has 1 aromatic carbocycles. The molecular weight excluding hydrogens is 333 g/mol. The van der Waals surface area contributed by atoms with Gasteiger partial charge in [-0.1, -0.05) is 15.9 Å². The van der Waals surface area contributed by atoms with E-state index in [2.05, 4.69) is 15.9 Å². The van der Waals surface area contributed by atoms with Gasteiger partial charge in [-0.15, -0.1) is 0 Å². The zero-order valence-electron chi connectivity index (χ0n) is 10.5. The number of hydrogen-bond donors (Lipinski definition) is 1. The van der Waals surface area contributed by atoms with Crippen LogP contribution in [0.15, 0.2) is 22.7 Å². The normalized spacial score (nSPS) is 23.4. The van der Waals surface area contributed by atoms with Crippen LogP contribution in [-0.4, -0.2) is 26.5 Å². The third-order valence-corrected chi connectivity index (χ3v) is 6.01. The predicted octanol–water partition coefficient (Wildman–Crippen LogP) is 2.14. The van der Waals surface area contributed by atoms with E-state index in [0.29, 0.717) is 24.9 Å². The molecule has 3 nitrogen and oxygen atoms in total. The Kier molecular flexibility index (Phi) is 4.63. The largest absolute Gasteiger partial charge is 0.330 e. The highest BCUT2D eigenvalue weighted by atomic mass is 79.9. The Labute approximate surface area is 121 Å². The maximum atomic E-state index is 13.7. The lowest BCUT2D eigenvalue weighted by Gasteiger charge is -2.21. The maximum Gasteiger partial charge on any atom is 0.150 e. The van der Waals surface area contributed by atoms with Crippen molar-refractivity contribution < 1.29 is 12.8 Å². The summed E-state index contributed by atoms with van der Waals surface area (Å²) in [5, 5.41) is 0. The summed E-state index contributed by atoms with van der Waals surface area (Å²) in [4.78, 5) is 0. The zero-order chi connectivity index (χ0) is 14.0. The van der Waals surface area contributed by atoms with Crippen LogP contribution in [0.4, 0.5) is 4.39 Å². The van der Waals surface area contributed by atoms with Crippen molar-refractivity contribution >= 4 is 25.8 Å². The second-order valence-electron chi connectivity index (χ2n) is 5.10. The Bertz CT molecular complexity index is 562. The third-order valence-electron chi connectivity index (χ3n) is 3.73. The first-order chi connectivity index (χ1) is 8.91. The molecule has 2 rings (SSSR count). The van der Waals surface area contributed by atoms with E-state index in [1.165, 1.54) is 6.07 Å². The standard InChI is InChI=1S/C13H17BrFNO2S/c14-12-1-2-13(15)10(6-12)5-11(7-16)9-3-4-19(17,18)8-9/h1-2,6,9,11H,3-5,7-8,16H2. The van der Waals surface area contributed by atoms with Gasteiger partial charge < -0.3 is 5.73 Å². The number of hydrogen-bond acceptors (Lipinski definition) is 3. The SMILES string of the molecule is NCC(Cc1cc(Br)ccc1F)C1CCS(=O)(=O)C1. The molecule has 0 aliphatic carbocycles. The summed E-state index contributed by atoms with van der Waals surface area (Å²) in [5.74, 6) is 0.219. The van der Waals surface area contributed by atoms with Gasteiger partial charge in [0.1, 0.15) is 5.82 Å². The molecule has 0 amide bonds. The molecule has 2 unspecified atom stereocenters. The molecule has 1 aromatic rings. The molecular formula is C13H17BrFNO2S. The van der Waals surface area contributed by atoms with Gasteiger partial charge in [0.05, 0.1) is 11.5 Å². The van der Waals surface area contributed by atoms with E-state index in [0.717, 1.165) is 4.47 Å². The van der Waals surface area contributed by atoms with Crippen molar-refractivity contribution in [2.24, 2.45) is 17.6 Å². The molecule has 1 aliphatic heterocycles. The van der Waals surface area contributed by atoms with E-state index in [1.54, 1.807) is 12.1 Å². The van der Waals surface area contributed by atoms with Gasteiger partial charge in [0, 0.05) is 4.47 Å². The highest BCUT2D eigenvalue weighted by Crippen LogP contribution is 2.29. The predicted molar refractivity (Wildman–Crippen MR) is 77.1 cm³/mol. The first kappa shape index (κ1) is 14.9. The van der Waals surface area contributed by atoms with E-state index >= 15 is 0 Å². The summed E-state index contributed by atoms with van der Waals surface area (Å²) < 4.78 is 37.6. The van der Waals surface area contributed by atoms with Crippen molar-refractivity contribution in [3.05, 3.63) is 34.1 Å². The zero-order valence-corrected chi connectivity index (χ0v) is 12.9. The van der Waals surface area contributed by atoms with Gasteiger partial charge in [0.25, 0.3) is 0 Å². The molecule has 106 valence electrons. The lowest BCUT2D eigenvalue weighted by Crippen LogP contribution is -2.26. The van der Waals surface area contributed by atoms with Gasteiger partial charge in [-0.05, 0) is 55.0 Å². The van der Waals surface area contributed by atoms with Gasteiger partial charge in [-0.3, -0.25) is 0 Å². The molecule has 1 fully saturated rings. The van der Waals surface area contributed by atoms with Crippen molar-refractivity contribution in [1.29, 1.82) is 0 Å². The number of sulfone groups is 1. The Balaban J connectivity index is 2.13. The van der Waals surface area contributed by atoms with Gasteiger partial charge >= 0.3 is 0 Å². The second kappa shape index (κ2) is 5.89. The lowest BCUT2D eigenvalue weighted by atomic mass is 9.86. The average molecular weight is 350 g/mol. The minimum Gasteiger partial charge on any atom is -0.330 e. The van der Waals surface area contributed by atoms with Crippen LogP contribution < -0.4 is 5.73 Å². The van der Waals surface area contributed by atoms with Crippen LogP contribution in [0.1, 0.15) is 12.0 Å². The lowest BCUT2D eigenvalue weighted by molar-refractivity contribution is 0.366. The Morgan fingerprint density at radius 3 is 2.79 bits per heavy atom. The summed E-state index contributed by atoms with van der Waals surface area (Å²) in [6.07, 6.45) is 1.13. The van der Waals surface area contributed by atoms with Gasteiger partial charge in [-0.25, -0.2) is 12.8 Å². The van der Waals surface area contributed by atoms with Crippen LogP contribution in [0.5, 0.6) is 0 Å². The molecule has 0 aromatic heterocycles. The Morgan fingerprint density at radius 2 is 2.21 bits per heavy atom. The van der Waals surface area contributed by atoms with Crippen molar-refractivity contribution in [3.8, 4) is 0 Å². The molecule has 19 heavy (non-hydrogen) atoms. The summed E-state index contributed by atoms with van der Waals surface area (Å²) in [6, 6.07) is 4.80. The number of benzene rings is 1. The summed E-state index contributed by atoms with van der Waals surface area (Å²) >= 11 is 3.32. The van der Waals surface area contributed by atoms with Crippen molar-refractivity contribution in [2.45, 2.75) is 12.8 Å². The maximum absolute atomic E-state index is 13.7. The van der Waals surface area contributed by atoms with Crippen LogP contribution in [-0.2, 0) is 16.3 Å². The minimum atomic E-state index is -2.92. The fraction of sp³-hybridized carbons (Fsp3) is 0.538. The van der Waals surface area contributed by atoms with Crippen LogP contribution >= 0.6 is 15.9 Å². The van der Waals surface area contributed by atoms with E-state index in [4.69, 9.17) is 5.73 Å². The third kappa shape index (κ3) is 3.77. The molecule has 2 N–H and O–H groups in total. The molecule has 0 radical (unpaired) electrons. The molecule has 1 saturated heterocycles. The van der Waals surface area contributed by atoms with E-state index in [1.807, 2.05) is 0 Å². The smallest absolute Gasteiger partial charge is 0.150 e. The molecule has 1 aliphatic rings. The van der Waals surface area contributed by atoms with Crippen LogP contribution in [0.3, 0.4) is 0 Å². The van der Waals surface area contributed by atoms with Gasteiger partial charge in [0.15, 0.2) is 9.84 Å². The highest BCUT2D eigenvalue weighted by Gasteiger charge is 2.33. The van der Waals surface area contributed by atoms with Gasteiger partial charge in [0.2, 0.25) is 0 Å². The molecule has 1 heterocycles. The topological polar surface area (TPSA) is 60.2 Å². The quantitative estimate of drug-likeness (QED) is 0.905. The highest BCUT2D eigenvalue weighted by molar-refractivity contribution is 9.10. The number of rotatable bonds is 4. The fourth-order valence-electron chi connectivity index (χ4n) is 2.62. The van der Waals surface area contributed by atoms with Gasteiger partial charge in [-0.2, -0.15) is 0 Å². The number of halogens is 2. The molecule has 0 saturated carbocycles. The summed E-state index contributed by atoms with van der Waals surface area (Å²) in [5.41, 5.74) is 6.34. The molecule has 0 spiro atoms. The van der Waals surface area contributed by atoms with Crippen molar-refractivity contribution in [1.82, 2.24) is 0 Å². The van der Waals surface area contributed by atoms with E-state index < -0.39 is 9.84 Å². The van der Waals surface area contributed by atoms with E-state index in [9.17, 15) is 12.8 Å². The van der Waals surface area contributed by atoms with Crippen molar-refractivity contribution in [3.63, 3.8) is 0 Å². The first-order valence-corrected chi connectivity index (χ1v) is 8.87. The first-order valence-electron chi connectivity index (χ1n) is 6.25. The Hall–Kier alpha value is -0.460. The average Bonchev–Trinajstić information content (AvgIpc) is 2.70. The minimum absolute atomic E-state index is 0.0149. The van der Waals surface area contributed by atoms with Crippen molar-refractivity contribution in [2.75, 3.05) is 18.1 Å². The summed E-state index contributed by atoms with van der Waals surface area (Å²) in [6.45, 7) is 0.381. The molecule has 6 heteroatoms. The number of nitrogens with two attached hydrogens (primary N) is 1. The molecule has 0 bridgehead atoms. The summed E-state index contributed by atoms with van der Waals surface area (Å²) in [7, 11) is -2.92. The van der Waals surface area contributed by atoms with Crippen LogP contribution in [0.25, 0.3) is 0 Å². The second-order valence-corrected chi connectivity index (χ2v) is 8.24. The monoisotopic (exact) mass is 349 g/mol. The molecule has 2 atom stereocenters. The van der Waals surface area contributed by atoms with Crippen LogP contribution in [0.2, 0.25) is 0 Å². The van der Waals surface area contributed by atoms with E-state index in [-0.39, 0.29) is 29.2 Å². The van der Waals surface area contributed by atoms with Crippen LogP contribution in [0, 0.1) is 17.7 Å².